The van der Waals surface area contributed by atoms with Gasteiger partial charge in [-0.1, -0.05) is 24.3 Å². The first-order valence-corrected chi connectivity index (χ1v) is 9.84. The number of fused-ring (bicyclic) bond motifs is 1. The highest BCUT2D eigenvalue weighted by molar-refractivity contribution is 7.90. The lowest BCUT2D eigenvalue weighted by atomic mass is 10.1. The first kappa shape index (κ1) is 19.6. The molecule has 1 aliphatic heterocycles. The summed E-state index contributed by atoms with van der Waals surface area (Å²) in [5.41, 5.74) is 0.682. The Balaban J connectivity index is 1.69. The lowest BCUT2D eigenvalue weighted by Crippen LogP contribution is -2.27. The molecule has 1 N–H and O–H groups in total. The summed E-state index contributed by atoms with van der Waals surface area (Å²) in [6.45, 7) is 0.981. The Morgan fingerprint density at radius 3 is 2.54 bits per heavy atom. The number of hydrogen-bond acceptors (Lipinski definition) is 7. The van der Waals surface area contributed by atoms with Crippen molar-refractivity contribution in [1.29, 1.82) is 0 Å². The molecular formula is C19H18N2O6S. The number of rotatable bonds is 6. The third kappa shape index (κ3) is 3.89. The maximum atomic E-state index is 12.3. The van der Waals surface area contributed by atoms with Crippen molar-refractivity contribution in [2.45, 2.75) is 17.9 Å². The van der Waals surface area contributed by atoms with Gasteiger partial charge in [-0.15, -0.1) is 0 Å². The van der Waals surface area contributed by atoms with E-state index in [0.29, 0.717) is 16.9 Å². The Hall–Kier alpha value is -3.20. The van der Waals surface area contributed by atoms with E-state index >= 15 is 0 Å². The van der Waals surface area contributed by atoms with Gasteiger partial charge in [0.05, 0.1) is 17.6 Å². The fraction of sp³-hybridized carbons (Fsp3) is 0.211. The molecule has 146 valence electrons. The molecule has 0 unspecified atom stereocenters. The van der Waals surface area contributed by atoms with Gasteiger partial charge in [0.15, 0.2) is 6.61 Å². The van der Waals surface area contributed by atoms with Gasteiger partial charge in [0.2, 0.25) is 5.78 Å². The quantitative estimate of drug-likeness (QED) is 0.580. The molecule has 0 amide bonds. The third-order valence-corrected chi connectivity index (χ3v) is 5.48. The Morgan fingerprint density at radius 1 is 1.11 bits per heavy atom. The van der Waals surface area contributed by atoms with Gasteiger partial charge < -0.3 is 9.47 Å². The number of nitrogens with one attached hydrogen (secondary N) is 1. The first-order chi connectivity index (χ1) is 13.3. The van der Waals surface area contributed by atoms with Crippen LogP contribution in [-0.4, -0.2) is 45.8 Å². The molecule has 1 atom stereocenters. The number of Topliss-reactive ketones (excluding diaryl/α,β-unsaturated/α-hetero) is 1. The monoisotopic (exact) mass is 402 g/mol. The molecule has 1 aliphatic rings. The number of ether oxygens (including phenoxy) is 2. The van der Waals surface area contributed by atoms with E-state index in [9.17, 15) is 18.0 Å². The zero-order chi connectivity index (χ0) is 20.3. The van der Waals surface area contributed by atoms with Gasteiger partial charge in [-0.05, 0) is 31.2 Å². The third-order valence-electron chi connectivity index (χ3n) is 4.08. The number of benzene rings is 2. The van der Waals surface area contributed by atoms with Gasteiger partial charge >= 0.3 is 5.97 Å². The molecule has 1 heterocycles. The van der Waals surface area contributed by atoms with Gasteiger partial charge in [0.25, 0.3) is 10.0 Å². The maximum Gasteiger partial charge on any atom is 0.331 e. The van der Waals surface area contributed by atoms with Crippen molar-refractivity contribution in [3.8, 4) is 5.75 Å². The van der Waals surface area contributed by atoms with E-state index in [4.69, 9.17) is 9.47 Å². The smallest absolute Gasteiger partial charge is 0.331 e. The van der Waals surface area contributed by atoms with Crippen LogP contribution in [-0.2, 0) is 19.6 Å². The molecule has 0 fully saturated rings. The minimum Gasteiger partial charge on any atom is -0.496 e. The van der Waals surface area contributed by atoms with Crippen LogP contribution in [0.3, 0.4) is 0 Å². The summed E-state index contributed by atoms with van der Waals surface area (Å²) < 4.78 is 36.6. The average Bonchev–Trinajstić information content (AvgIpc) is 2.96. The second kappa shape index (κ2) is 7.81. The molecule has 2 aromatic rings. The van der Waals surface area contributed by atoms with E-state index in [1.807, 2.05) is 0 Å². The summed E-state index contributed by atoms with van der Waals surface area (Å²) in [7, 11) is -2.26. The van der Waals surface area contributed by atoms with Gasteiger partial charge in [0.1, 0.15) is 17.6 Å². The van der Waals surface area contributed by atoms with Gasteiger partial charge in [-0.3, -0.25) is 14.5 Å². The maximum absolute atomic E-state index is 12.3. The number of methoxy groups -OCH3 is 1. The summed E-state index contributed by atoms with van der Waals surface area (Å²) in [5.74, 6) is -0.721. The molecular weight excluding hydrogens is 384 g/mol. The normalized spacial score (nSPS) is 16.7. The van der Waals surface area contributed by atoms with E-state index in [-0.39, 0.29) is 10.7 Å². The van der Waals surface area contributed by atoms with Crippen molar-refractivity contribution in [1.82, 2.24) is 4.72 Å². The van der Waals surface area contributed by atoms with Crippen LogP contribution in [0.1, 0.15) is 22.8 Å². The molecule has 0 aliphatic carbocycles. The van der Waals surface area contributed by atoms with Gasteiger partial charge in [-0.25, -0.2) is 13.2 Å². The SMILES string of the molecule is COc1ccccc1C(=O)COC(=O)[C@@H](C)N=C1NS(=O)(=O)c2ccccc21. The van der Waals surface area contributed by atoms with Crippen LogP contribution in [0.25, 0.3) is 0 Å². The Kier molecular flexibility index (Phi) is 5.46. The predicted octanol–water partition coefficient (Wildman–Crippen LogP) is 1.55. The van der Waals surface area contributed by atoms with E-state index in [1.54, 1.807) is 42.5 Å². The Labute approximate surface area is 162 Å². The number of hydrogen-bond donors (Lipinski definition) is 1. The van der Waals surface area contributed by atoms with Crippen molar-refractivity contribution >= 4 is 27.6 Å². The van der Waals surface area contributed by atoms with E-state index < -0.39 is 34.4 Å². The second-order valence-corrected chi connectivity index (χ2v) is 7.64. The van der Waals surface area contributed by atoms with E-state index in [1.165, 1.54) is 20.1 Å². The summed E-state index contributed by atoms with van der Waals surface area (Å²) in [5, 5.41) is 0. The van der Waals surface area contributed by atoms with Crippen molar-refractivity contribution in [2.75, 3.05) is 13.7 Å². The minimum absolute atomic E-state index is 0.0658. The topological polar surface area (TPSA) is 111 Å². The standard InChI is InChI=1S/C19H18N2O6S/c1-12(20-18-14-8-4-6-10-17(14)28(24,25)21-18)19(23)27-11-15(22)13-7-3-5-9-16(13)26-2/h3-10,12H,11H2,1-2H3,(H,20,21)/t12-/m1/s1. The number of sulfonamides is 1. The van der Waals surface area contributed by atoms with Crippen LogP contribution in [0.4, 0.5) is 0 Å². The fourth-order valence-electron chi connectivity index (χ4n) is 2.69. The van der Waals surface area contributed by atoms with Crippen LogP contribution in [0.5, 0.6) is 5.75 Å². The van der Waals surface area contributed by atoms with Crippen LogP contribution >= 0.6 is 0 Å². The Morgan fingerprint density at radius 2 is 1.79 bits per heavy atom. The molecule has 0 bridgehead atoms. The van der Waals surface area contributed by atoms with Crippen LogP contribution < -0.4 is 9.46 Å². The van der Waals surface area contributed by atoms with Crippen molar-refractivity contribution < 1.29 is 27.5 Å². The van der Waals surface area contributed by atoms with Crippen LogP contribution in [0.2, 0.25) is 0 Å². The number of esters is 1. The predicted molar refractivity (Wildman–Crippen MR) is 101 cm³/mol. The number of carbonyl (C=O) groups excluding carboxylic acids is 2. The highest BCUT2D eigenvalue weighted by atomic mass is 32.2. The number of para-hydroxylation sites is 1. The molecule has 0 aromatic heterocycles. The molecule has 8 nitrogen and oxygen atoms in total. The fourth-order valence-corrected chi connectivity index (χ4v) is 3.93. The second-order valence-electron chi connectivity index (χ2n) is 5.99. The van der Waals surface area contributed by atoms with Crippen molar-refractivity contribution in [2.24, 2.45) is 4.99 Å². The summed E-state index contributed by atoms with van der Waals surface area (Å²) in [6.07, 6.45) is 0. The minimum atomic E-state index is -3.70. The number of ketones is 1. The lowest BCUT2D eigenvalue weighted by molar-refractivity contribution is -0.143. The molecule has 0 radical (unpaired) electrons. The lowest BCUT2D eigenvalue weighted by Gasteiger charge is -2.10. The summed E-state index contributed by atoms with van der Waals surface area (Å²) >= 11 is 0. The first-order valence-electron chi connectivity index (χ1n) is 8.36. The largest absolute Gasteiger partial charge is 0.496 e. The molecule has 9 heteroatoms. The number of aliphatic imine (C=N–C) groups is 1. The zero-order valence-electron chi connectivity index (χ0n) is 15.2. The van der Waals surface area contributed by atoms with Gasteiger partial charge in [-0.2, -0.15) is 0 Å². The molecule has 2 aromatic carbocycles. The van der Waals surface area contributed by atoms with E-state index in [0.717, 1.165) is 0 Å². The molecule has 0 saturated carbocycles. The zero-order valence-corrected chi connectivity index (χ0v) is 16.0. The van der Waals surface area contributed by atoms with Crippen molar-refractivity contribution in [3.05, 3.63) is 59.7 Å². The summed E-state index contributed by atoms with van der Waals surface area (Å²) in [6, 6.07) is 11.9. The van der Waals surface area contributed by atoms with Crippen molar-refractivity contribution in [3.63, 3.8) is 0 Å². The molecule has 0 spiro atoms. The van der Waals surface area contributed by atoms with E-state index in [2.05, 4.69) is 9.71 Å². The number of nitrogens with zero attached hydrogens (tertiary/aromatic N) is 1. The number of carbonyl (C=O) groups is 2. The number of amidine groups is 1. The summed E-state index contributed by atoms with van der Waals surface area (Å²) in [4.78, 5) is 28.7. The average molecular weight is 402 g/mol. The van der Waals surface area contributed by atoms with Gasteiger partial charge in [0, 0.05) is 5.56 Å². The highest BCUT2D eigenvalue weighted by Crippen LogP contribution is 2.23. The molecule has 3 rings (SSSR count). The van der Waals surface area contributed by atoms with Crippen LogP contribution in [0, 0.1) is 0 Å². The Bertz CT molecular complexity index is 1060. The van der Waals surface area contributed by atoms with Crippen LogP contribution in [0.15, 0.2) is 58.4 Å². The molecule has 0 saturated heterocycles. The molecule has 28 heavy (non-hydrogen) atoms. The highest BCUT2D eigenvalue weighted by Gasteiger charge is 2.31.